The van der Waals surface area contributed by atoms with Crippen molar-refractivity contribution in [3.63, 3.8) is 0 Å². The lowest BCUT2D eigenvalue weighted by molar-refractivity contribution is -0.119. The van der Waals surface area contributed by atoms with Crippen LogP contribution in [-0.4, -0.2) is 13.9 Å². The van der Waals surface area contributed by atoms with Crippen LogP contribution in [0.3, 0.4) is 0 Å². The Hall–Kier alpha value is -0.373. The largest absolute Gasteiger partial charge is 0.295 e. The van der Waals surface area contributed by atoms with Crippen LogP contribution in [0.4, 0.5) is 0 Å². The van der Waals surface area contributed by atoms with Gasteiger partial charge in [0.05, 0.1) is 8.07 Å². The Bertz CT molecular complexity index is 252. The fraction of sp³-hybridized carbons (Fsp3) is 0.800. The number of rotatable bonds is 6. The standard InChI is InChI=1S/C15H28OSi/c1-4-17(5-2,6-3)13-12-15(16)14-10-8-7-9-11-14/h12-14H,4-11H2,1-3H3/b13-12+. The van der Waals surface area contributed by atoms with Crippen molar-refractivity contribution in [3.05, 3.63) is 11.8 Å². The van der Waals surface area contributed by atoms with Crippen molar-refractivity contribution in [1.82, 2.24) is 0 Å². The Balaban J connectivity index is 2.58. The van der Waals surface area contributed by atoms with Gasteiger partial charge in [0, 0.05) is 5.92 Å². The number of hydrogen-bond donors (Lipinski definition) is 0. The Labute approximate surface area is 108 Å². The predicted octanol–water partition coefficient (Wildman–Crippen LogP) is 4.74. The summed E-state index contributed by atoms with van der Waals surface area (Å²) in [6.07, 6.45) is 8.04. The first-order valence-electron chi connectivity index (χ1n) is 7.40. The molecule has 1 aliphatic carbocycles. The Kier molecular flexibility index (Phi) is 6.18. The molecule has 0 N–H and O–H groups in total. The molecule has 0 amide bonds. The SMILES string of the molecule is CC[Si](/C=C/C(=O)C1CCCCC1)(CC)CC. The van der Waals surface area contributed by atoms with Gasteiger partial charge in [0.1, 0.15) is 0 Å². The average Bonchev–Trinajstić information content (AvgIpc) is 2.41. The average molecular weight is 252 g/mol. The summed E-state index contributed by atoms with van der Waals surface area (Å²) in [4.78, 5) is 12.1. The van der Waals surface area contributed by atoms with Crippen LogP contribution in [0.25, 0.3) is 0 Å². The quantitative estimate of drug-likeness (QED) is 0.493. The summed E-state index contributed by atoms with van der Waals surface area (Å²) in [7, 11) is -1.25. The molecule has 2 heteroatoms. The van der Waals surface area contributed by atoms with Crippen LogP contribution in [0.5, 0.6) is 0 Å². The molecule has 0 unspecified atom stereocenters. The van der Waals surface area contributed by atoms with E-state index in [9.17, 15) is 4.79 Å². The van der Waals surface area contributed by atoms with Crippen molar-refractivity contribution in [3.8, 4) is 0 Å². The molecule has 98 valence electrons. The predicted molar refractivity (Wildman–Crippen MR) is 77.9 cm³/mol. The van der Waals surface area contributed by atoms with E-state index < -0.39 is 8.07 Å². The number of hydrogen-bond acceptors (Lipinski definition) is 1. The van der Waals surface area contributed by atoms with E-state index in [0.717, 1.165) is 12.8 Å². The van der Waals surface area contributed by atoms with Gasteiger partial charge in [0.2, 0.25) is 0 Å². The maximum Gasteiger partial charge on any atom is 0.158 e. The molecule has 0 saturated heterocycles. The van der Waals surface area contributed by atoms with E-state index in [2.05, 4.69) is 26.5 Å². The van der Waals surface area contributed by atoms with Crippen molar-refractivity contribution >= 4 is 13.9 Å². The van der Waals surface area contributed by atoms with Crippen molar-refractivity contribution in [2.45, 2.75) is 71.0 Å². The van der Waals surface area contributed by atoms with E-state index in [4.69, 9.17) is 0 Å². The van der Waals surface area contributed by atoms with Gasteiger partial charge in [-0.15, -0.1) is 0 Å². The molecule has 17 heavy (non-hydrogen) atoms. The second-order valence-corrected chi connectivity index (χ2v) is 10.7. The zero-order valence-corrected chi connectivity index (χ0v) is 12.8. The topological polar surface area (TPSA) is 17.1 Å². The lowest BCUT2D eigenvalue weighted by Crippen LogP contribution is -2.29. The summed E-state index contributed by atoms with van der Waals surface area (Å²) in [6, 6.07) is 3.82. The molecule has 0 aromatic carbocycles. The summed E-state index contributed by atoms with van der Waals surface area (Å²) in [5.41, 5.74) is 2.34. The first kappa shape index (κ1) is 14.7. The van der Waals surface area contributed by atoms with Gasteiger partial charge in [-0.1, -0.05) is 63.9 Å². The van der Waals surface area contributed by atoms with E-state index in [1.54, 1.807) is 0 Å². The summed E-state index contributed by atoms with van der Waals surface area (Å²) in [5.74, 6) is 0.759. The number of allylic oxidation sites excluding steroid dienone is 1. The van der Waals surface area contributed by atoms with Gasteiger partial charge in [-0.25, -0.2) is 0 Å². The van der Waals surface area contributed by atoms with Crippen LogP contribution in [0, 0.1) is 5.92 Å². The molecule has 0 aromatic heterocycles. The molecule has 1 rings (SSSR count). The summed E-state index contributed by atoms with van der Waals surface area (Å²) in [5, 5.41) is 0. The van der Waals surface area contributed by atoms with Crippen molar-refractivity contribution in [1.29, 1.82) is 0 Å². The number of carbonyl (C=O) groups excluding carboxylic acids is 1. The number of carbonyl (C=O) groups is 1. The van der Waals surface area contributed by atoms with Crippen LogP contribution in [0.2, 0.25) is 18.1 Å². The van der Waals surface area contributed by atoms with Crippen molar-refractivity contribution in [2.24, 2.45) is 5.92 Å². The second kappa shape index (κ2) is 7.15. The van der Waals surface area contributed by atoms with E-state index >= 15 is 0 Å². The lowest BCUT2D eigenvalue weighted by atomic mass is 9.86. The molecule has 1 fully saturated rings. The van der Waals surface area contributed by atoms with Gasteiger partial charge in [-0.05, 0) is 18.9 Å². The van der Waals surface area contributed by atoms with Crippen molar-refractivity contribution in [2.75, 3.05) is 0 Å². The summed E-state index contributed by atoms with van der Waals surface area (Å²) >= 11 is 0. The molecule has 0 bridgehead atoms. The van der Waals surface area contributed by atoms with Gasteiger partial charge >= 0.3 is 0 Å². The van der Waals surface area contributed by atoms with Gasteiger partial charge in [0.25, 0.3) is 0 Å². The first-order valence-corrected chi connectivity index (χ1v) is 10.1. The molecular weight excluding hydrogens is 224 g/mol. The van der Waals surface area contributed by atoms with Crippen molar-refractivity contribution < 1.29 is 4.79 Å². The van der Waals surface area contributed by atoms with E-state index in [-0.39, 0.29) is 0 Å². The summed E-state index contributed by atoms with van der Waals surface area (Å²) < 4.78 is 0. The zero-order chi connectivity index (χ0) is 12.7. The molecule has 0 heterocycles. The minimum atomic E-state index is -1.25. The van der Waals surface area contributed by atoms with E-state index in [1.165, 1.54) is 37.4 Å². The van der Waals surface area contributed by atoms with E-state index in [1.807, 2.05) is 6.08 Å². The Morgan fingerprint density at radius 3 is 2.06 bits per heavy atom. The Morgan fingerprint density at radius 2 is 1.59 bits per heavy atom. The molecule has 1 aliphatic rings. The monoisotopic (exact) mass is 252 g/mol. The fourth-order valence-electron chi connectivity index (χ4n) is 2.89. The summed E-state index contributed by atoms with van der Waals surface area (Å²) in [6.45, 7) is 6.86. The third kappa shape index (κ3) is 4.09. The minimum absolute atomic E-state index is 0.345. The normalized spacial score (nSPS) is 18.8. The highest BCUT2D eigenvalue weighted by Crippen LogP contribution is 2.26. The van der Waals surface area contributed by atoms with Crippen LogP contribution < -0.4 is 0 Å². The minimum Gasteiger partial charge on any atom is -0.295 e. The smallest absolute Gasteiger partial charge is 0.158 e. The zero-order valence-electron chi connectivity index (χ0n) is 11.8. The van der Waals surface area contributed by atoms with E-state index in [0.29, 0.717) is 11.7 Å². The molecule has 1 saturated carbocycles. The first-order chi connectivity index (χ1) is 8.17. The molecular formula is C15H28OSi. The second-order valence-electron chi connectivity index (χ2n) is 5.49. The number of ketones is 1. The van der Waals surface area contributed by atoms with Gasteiger partial charge in [0.15, 0.2) is 5.78 Å². The highest BCUT2D eigenvalue weighted by molar-refractivity contribution is 6.84. The molecule has 0 atom stereocenters. The third-order valence-electron chi connectivity index (χ3n) is 4.72. The van der Waals surface area contributed by atoms with Crippen LogP contribution in [0.1, 0.15) is 52.9 Å². The maximum atomic E-state index is 12.1. The highest BCUT2D eigenvalue weighted by Gasteiger charge is 2.25. The van der Waals surface area contributed by atoms with Crippen LogP contribution in [0.15, 0.2) is 11.8 Å². The molecule has 0 aliphatic heterocycles. The molecule has 0 spiro atoms. The van der Waals surface area contributed by atoms with Gasteiger partial charge in [-0.2, -0.15) is 0 Å². The Morgan fingerprint density at radius 1 is 1.06 bits per heavy atom. The maximum absolute atomic E-state index is 12.1. The molecule has 0 aromatic rings. The lowest BCUT2D eigenvalue weighted by Gasteiger charge is -2.24. The highest BCUT2D eigenvalue weighted by atomic mass is 28.3. The molecule has 0 radical (unpaired) electrons. The van der Waals surface area contributed by atoms with Gasteiger partial charge in [-0.3, -0.25) is 4.79 Å². The van der Waals surface area contributed by atoms with Crippen LogP contribution in [-0.2, 0) is 4.79 Å². The van der Waals surface area contributed by atoms with Gasteiger partial charge < -0.3 is 0 Å². The third-order valence-corrected chi connectivity index (χ3v) is 9.82. The fourth-order valence-corrected chi connectivity index (χ4v) is 5.61. The molecule has 1 nitrogen and oxygen atoms in total. The van der Waals surface area contributed by atoms with Crippen LogP contribution >= 0.6 is 0 Å².